The van der Waals surface area contributed by atoms with Gasteiger partial charge in [0.05, 0.1) is 0 Å². The summed E-state index contributed by atoms with van der Waals surface area (Å²) in [4.78, 5) is 3.70. The number of nitrogen functional groups attached to an aromatic ring is 1. The van der Waals surface area contributed by atoms with Crippen LogP contribution in [0.3, 0.4) is 0 Å². The number of anilines is 1. The summed E-state index contributed by atoms with van der Waals surface area (Å²) >= 11 is 1.76. The summed E-state index contributed by atoms with van der Waals surface area (Å²) in [5, 5.41) is 2.09. The number of hydrogen-bond acceptors (Lipinski definition) is 3. The van der Waals surface area contributed by atoms with Gasteiger partial charge < -0.3 is 5.73 Å². The number of nitrogens with zero attached hydrogens (tertiary/aromatic N) is 1. The highest BCUT2D eigenvalue weighted by Gasteiger charge is 2.29. The van der Waals surface area contributed by atoms with Crippen molar-refractivity contribution in [1.29, 1.82) is 0 Å². The van der Waals surface area contributed by atoms with Crippen molar-refractivity contribution in [3.8, 4) is 0 Å². The second-order valence-electron chi connectivity index (χ2n) is 5.07. The van der Waals surface area contributed by atoms with E-state index in [0.717, 1.165) is 12.1 Å². The van der Waals surface area contributed by atoms with Crippen molar-refractivity contribution in [2.24, 2.45) is 0 Å². The Balaban J connectivity index is 1.74. The van der Waals surface area contributed by atoms with Gasteiger partial charge >= 0.3 is 0 Å². The van der Waals surface area contributed by atoms with Crippen LogP contribution < -0.4 is 5.73 Å². The monoisotopic (exact) mass is 276 g/mol. The number of nitrogens with two attached hydrogens (primary N) is 1. The minimum absolute atomic E-state index is 0.197. The minimum atomic E-state index is -0.197. The molecule has 2 N–H and O–H groups in total. The molecule has 4 heteroatoms. The first-order valence-corrected chi connectivity index (χ1v) is 7.40. The third-order valence-corrected chi connectivity index (χ3v) is 4.31. The Bertz CT molecular complexity index is 549. The first kappa shape index (κ1) is 12.6. The SMILES string of the molecule is Nc1ccc(CN(Cc2cccs2)C2CC2)c(F)c1. The van der Waals surface area contributed by atoms with Gasteiger partial charge in [0.15, 0.2) is 0 Å². The van der Waals surface area contributed by atoms with Crippen LogP contribution in [0.5, 0.6) is 0 Å². The van der Waals surface area contributed by atoms with Crippen LogP contribution in [0.1, 0.15) is 23.3 Å². The van der Waals surface area contributed by atoms with E-state index in [9.17, 15) is 4.39 Å². The highest BCUT2D eigenvalue weighted by Crippen LogP contribution is 2.31. The van der Waals surface area contributed by atoms with Crippen molar-refractivity contribution in [2.75, 3.05) is 5.73 Å². The average Bonchev–Trinajstić information content (AvgIpc) is 3.10. The Morgan fingerprint density at radius 1 is 1.26 bits per heavy atom. The Kier molecular flexibility index (Phi) is 3.53. The van der Waals surface area contributed by atoms with E-state index in [1.807, 2.05) is 0 Å². The molecule has 100 valence electrons. The lowest BCUT2D eigenvalue weighted by Crippen LogP contribution is -2.25. The molecular formula is C15H17FN2S. The van der Waals surface area contributed by atoms with E-state index in [2.05, 4.69) is 22.4 Å². The fraction of sp³-hybridized carbons (Fsp3) is 0.333. The molecule has 2 nitrogen and oxygen atoms in total. The van der Waals surface area contributed by atoms with Gasteiger partial charge in [-0.1, -0.05) is 12.1 Å². The summed E-state index contributed by atoms with van der Waals surface area (Å²) in [6.45, 7) is 1.57. The standard InChI is InChI=1S/C15H17FN2S/c16-15-8-12(17)4-3-11(15)9-18(13-5-6-13)10-14-2-1-7-19-14/h1-4,7-8,13H,5-6,9-10,17H2. The van der Waals surface area contributed by atoms with Crippen LogP contribution >= 0.6 is 11.3 Å². The Labute approximate surface area is 116 Å². The van der Waals surface area contributed by atoms with E-state index in [0.29, 0.717) is 18.3 Å². The maximum Gasteiger partial charge on any atom is 0.129 e. The molecule has 1 saturated carbocycles. The zero-order valence-electron chi connectivity index (χ0n) is 10.7. The normalized spacial score (nSPS) is 15.1. The highest BCUT2D eigenvalue weighted by atomic mass is 32.1. The molecule has 1 aliphatic rings. The molecule has 0 saturated heterocycles. The average molecular weight is 276 g/mol. The van der Waals surface area contributed by atoms with E-state index in [1.54, 1.807) is 23.5 Å². The summed E-state index contributed by atoms with van der Waals surface area (Å²) in [5.74, 6) is -0.197. The lowest BCUT2D eigenvalue weighted by molar-refractivity contribution is 0.244. The molecule has 2 aromatic rings. The molecule has 1 aromatic heterocycles. The maximum atomic E-state index is 13.9. The molecule has 0 radical (unpaired) electrons. The molecule has 1 aromatic carbocycles. The third kappa shape index (κ3) is 3.14. The predicted octanol–water partition coefficient (Wildman–Crippen LogP) is 3.63. The van der Waals surface area contributed by atoms with Crippen LogP contribution in [0.4, 0.5) is 10.1 Å². The van der Waals surface area contributed by atoms with Crippen LogP contribution in [-0.4, -0.2) is 10.9 Å². The quantitative estimate of drug-likeness (QED) is 0.845. The van der Waals surface area contributed by atoms with Crippen molar-refractivity contribution in [3.05, 3.63) is 52.0 Å². The van der Waals surface area contributed by atoms with Gasteiger partial charge in [-0.15, -0.1) is 11.3 Å². The highest BCUT2D eigenvalue weighted by molar-refractivity contribution is 7.09. The zero-order valence-corrected chi connectivity index (χ0v) is 11.5. The van der Waals surface area contributed by atoms with Gasteiger partial charge in [0.2, 0.25) is 0 Å². The maximum absolute atomic E-state index is 13.9. The first-order valence-electron chi connectivity index (χ1n) is 6.53. The van der Waals surface area contributed by atoms with Crippen LogP contribution in [-0.2, 0) is 13.1 Å². The second kappa shape index (κ2) is 5.31. The molecule has 3 rings (SSSR count). The van der Waals surface area contributed by atoms with Gasteiger partial charge in [0, 0.05) is 35.3 Å². The number of thiophene rings is 1. The number of halogens is 1. The largest absolute Gasteiger partial charge is 0.399 e. The van der Waals surface area contributed by atoms with Gasteiger partial charge in [-0.25, -0.2) is 4.39 Å². The fourth-order valence-electron chi connectivity index (χ4n) is 2.27. The Morgan fingerprint density at radius 3 is 2.74 bits per heavy atom. The number of benzene rings is 1. The Hall–Kier alpha value is -1.39. The van der Waals surface area contributed by atoms with E-state index in [4.69, 9.17) is 5.73 Å². The molecule has 0 unspecified atom stereocenters. The molecule has 19 heavy (non-hydrogen) atoms. The summed E-state index contributed by atoms with van der Waals surface area (Å²) in [6.07, 6.45) is 2.45. The number of hydrogen-bond donors (Lipinski definition) is 1. The minimum Gasteiger partial charge on any atom is -0.399 e. The van der Waals surface area contributed by atoms with Crippen molar-refractivity contribution < 1.29 is 4.39 Å². The molecule has 0 aliphatic heterocycles. The molecule has 1 fully saturated rings. The van der Waals surface area contributed by atoms with Gasteiger partial charge in [0.25, 0.3) is 0 Å². The van der Waals surface area contributed by atoms with E-state index in [1.165, 1.54) is 23.8 Å². The smallest absolute Gasteiger partial charge is 0.129 e. The van der Waals surface area contributed by atoms with E-state index in [-0.39, 0.29) is 5.82 Å². The molecule has 1 aliphatic carbocycles. The number of rotatable bonds is 5. The van der Waals surface area contributed by atoms with Crippen molar-refractivity contribution in [3.63, 3.8) is 0 Å². The Morgan fingerprint density at radius 2 is 2.11 bits per heavy atom. The van der Waals surface area contributed by atoms with Gasteiger partial charge in [-0.3, -0.25) is 4.90 Å². The van der Waals surface area contributed by atoms with Crippen LogP contribution in [0.2, 0.25) is 0 Å². The summed E-state index contributed by atoms with van der Waals surface area (Å²) in [6, 6.07) is 9.79. The topological polar surface area (TPSA) is 29.3 Å². The zero-order chi connectivity index (χ0) is 13.2. The molecule has 0 atom stereocenters. The molecule has 0 bridgehead atoms. The lowest BCUT2D eigenvalue weighted by Gasteiger charge is -2.21. The summed E-state index contributed by atoms with van der Waals surface area (Å²) in [7, 11) is 0. The van der Waals surface area contributed by atoms with Crippen molar-refractivity contribution in [2.45, 2.75) is 32.0 Å². The van der Waals surface area contributed by atoms with Crippen LogP contribution in [0, 0.1) is 5.82 Å². The lowest BCUT2D eigenvalue weighted by atomic mass is 10.1. The molecule has 0 spiro atoms. The first-order chi connectivity index (χ1) is 9.22. The third-order valence-electron chi connectivity index (χ3n) is 3.45. The van der Waals surface area contributed by atoms with Crippen LogP contribution in [0.25, 0.3) is 0 Å². The van der Waals surface area contributed by atoms with Crippen molar-refractivity contribution in [1.82, 2.24) is 4.90 Å². The summed E-state index contributed by atoms with van der Waals surface area (Å²) in [5.41, 5.74) is 6.81. The molecule has 1 heterocycles. The van der Waals surface area contributed by atoms with Gasteiger partial charge in [0.1, 0.15) is 5.82 Å². The second-order valence-corrected chi connectivity index (χ2v) is 6.10. The summed E-state index contributed by atoms with van der Waals surface area (Å²) < 4.78 is 13.9. The van der Waals surface area contributed by atoms with Crippen LogP contribution in [0.15, 0.2) is 35.7 Å². The van der Waals surface area contributed by atoms with E-state index < -0.39 is 0 Å². The van der Waals surface area contributed by atoms with Crippen molar-refractivity contribution >= 4 is 17.0 Å². The van der Waals surface area contributed by atoms with E-state index >= 15 is 0 Å². The van der Waals surface area contributed by atoms with Gasteiger partial charge in [-0.2, -0.15) is 0 Å². The van der Waals surface area contributed by atoms with Gasteiger partial charge in [-0.05, 0) is 36.4 Å². The molecule has 0 amide bonds. The fourth-order valence-corrected chi connectivity index (χ4v) is 3.00. The molecular weight excluding hydrogens is 259 g/mol. The predicted molar refractivity (Wildman–Crippen MR) is 77.4 cm³/mol.